The number of aromatic nitrogens is 2. The van der Waals surface area contributed by atoms with E-state index < -0.39 is 5.97 Å². The Bertz CT molecular complexity index is 1250. The number of carbonyl (C=O) groups is 1. The van der Waals surface area contributed by atoms with Crippen molar-refractivity contribution in [1.82, 2.24) is 14.9 Å². The molecule has 160 valence electrons. The van der Waals surface area contributed by atoms with E-state index in [2.05, 4.69) is 77.6 Å². The summed E-state index contributed by atoms with van der Waals surface area (Å²) in [5.41, 5.74) is 2.55. The van der Waals surface area contributed by atoms with E-state index in [0.29, 0.717) is 16.5 Å². The normalized spacial score (nSPS) is 12.4. The molecule has 0 saturated heterocycles. The van der Waals surface area contributed by atoms with Crippen LogP contribution in [-0.4, -0.2) is 40.0 Å². The number of hydrogen-bond acceptors (Lipinski definition) is 7. The summed E-state index contributed by atoms with van der Waals surface area (Å²) < 4.78 is 0. The second kappa shape index (κ2) is 8.74. The maximum Gasteiger partial charge on any atom is 0.345 e. The fourth-order valence-corrected chi connectivity index (χ4v) is 5.48. The van der Waals surface area contributed by atoms with Gasteiger partial charge in [-0.05, 0) is 57.3 Å². The maximum atomic E-state index is 11.4. The van der Waals surface area contributed by atoms with Crippen molar-refractivity contribution in [3.63, 3.8) is 0 Å². The van der Waals surface area contributed by atoms with E-state index in [9.17, 15) is 9.90 Å². The van der Waals surface area contributed by atoms with Gasteiger partial charge in [0.15, 0.2) is 0 Å². The Morgan fingerprint density at radius 1 is 1.16 bits per heavy atom. The molecule has 31 heavy (non-hydrogen) atoms. The molecule has 0 fully saturated rings. The van der Waals surface area contributed by atoms with Gasteiger partial charge in [-0.15, -0.1) is 22.7 Å². The zero-order valence-corrected chi connectivity index (χ0v) is 19.5. The van der Waals surface area contributed by atoms with Crippen LogP contribution in [-0.2, 0) is 6.54 Å². The fraction of sp³-hybridized carbons (Fsp3) is 0.261. The molecule has 8 heteroatoms. The van der Waals surface area contributed by atoms with Crippen molar-refractivity contribution in [2.45, 2.75) is 26.4 Å². The number of benzene rings is 1. The monoisotopic (exact) mass is 452 g/mol. The van der Waals surface area contributed by atoms with E-state index >= 15 is 0 Å². The number of hydrogen-bond donors (Lipinski definition) is 2. The van der Waals surface area contributed by atoms with Crippen molar-refractivity contribution in [3.8, 4) is 10.4 Å². The van der Waals surface area contributed by atoms with Crippen LogP contribution in [0.25, 0.3) is 20.7 Å². The van der Waals surface area contributed by atoms with Gasteiger partial charge in [0.25, 0.3) is 0 Å². The Hall–Kier alpha value is -2.81. The summed E-state index contributed by atoms with van der Waals surface area (Å²) in [5.74, 6) is 0.339. The van der Waals surface area contributed by atoms with Crippen molar-refractivity contribution in [2.24, 2.45) is 0 Å². The first-order chi connectivity index (χ1) is 14.8. The molecule has 4 aromatic rings. The van der Waals surface area contributed by atoms with Gasteiger partial charge in [-0.2, -0.15) is 0 Å². The highest BCUT2D eigenvalue weighted by Crippen LogP contribution is 2.36. The van der Waals surface area contributed by atoms with Crippen molar-refractivity contribution < 1.29 is 9.90 Å². The predicted molar refractivity (Wildman–Crippen MR) is 128 cm³/mol. The van der Waals surface area contributed by atoms with Gasteiger partial charge in [0, 0.05) is 16.3 Å². The Kier molecular flexibility index (Phi) is 6.04. The van der Waals surface area contributed by atoms with Crippen LogP contribution in [0, 0.1) is 6.92 Å². The first-order valence-corrected chi connectivity index (χ1v) is 11.6. The molecular formula is C23H24N4O2S2. The third-order valence-corrected chi connectivity index (χ3v) is 7.21. The minimum Gasteiger partial charge on any atom is -0.477 e. The first kappa shape index (κ1) is 21.4. The van der Waals surface area contributed by atoms with Crippen molar-refractivity contribution in [1.29, 1.82) is 0 Å². The number of nitrogens with one attached hydrogen (secondary N) is 1. The summed E-state index contributed by atoms with van der Waals surface area (Å²) in [5, 5.41) is 13.5. The average Bonchev–Trinajstić information content (AvgIpc) is 3.35. The summed E-state index contributed by atoms with van der Waals surface area (Å²) in [4.78, 5) is 25.9. The van der Waals surface area contributed by atoms with Gasteiger partial charge >= 0.3 is 5.97 Å². The van der Waals surface area contributed by atoms with Crippen LogP contribution in [0.5, 0.6) is 0 Å². The van der Waals surface area contributed by atoms with E-state index in [1.807, 2.05) is 6.92 Å². The molecule has 1 unspecified atom stereocenters. The van der Waals surface area contributed by atoms with E-state index in [-0.39, 0.29) is 10.9 Å². The highest BCUT2D eigenvalue weighted by atomic mass is 32.1. The van der Waals surface area contributed by atoms with Crippen LogP contribution in [0.3, 0.4) is 0 Å². The minimum absolute atomic E-state index is 0.0189. The standard InChI is InChI=1S/C23H24N4O2S2/c1-13(24-21-17-11-20(23(28)29)31-22(17)26-14(2)25-21)18-9-10-19(30-18)16-8-6-5-7-15(16)12-27(3)4/h5-11,13H,12H2,1-4H3,(H,28,29)(H,24,25,26). The lowest BCUT2D eigenvalue weighted by atomic mass is 10.1. The number of carboxylic acids is 1. The third kappa shape index (κ3) is 4.61. The molecule has 0 bridgehead atoms. The van der Waals surface area contributed by atoms with Crippen molar-refractivity contribution in [2.75, 3.05) is 19.4 Å². The van der Waals surface area contributed by atoms with Crippen LogP contribution >= 0.6 is 22.7 Å². The first-order valence-electron chi connectivity index (χ1n) is 9.92. The van der Waals surface area contributed by atoms with Gasteiger partial charge in [-0.3, -0.25) is 0 Å². The molecule has 0 aliphatic rings. The molecule has 0 spiro atoms. The van der Waals surface area contributed by atoms with Crippen molar-refractivity contribution in [3.05, 3.63) is 63.6 Å². The van der Waals surface area contributed by atoms with Crippen LogP contribution in [0.2, 0.25) is 0 Å². The lowest BCUT2D eigenvalue weighted by Gasteiger charge is -2.15. The molecule has 1 atom stereocenters. The molecule has 0 amide bonds. The number of rotatable bonds is 7. The molecule has 4 rings (SSSR count). The maximum absolute atomic E-state index is 11.4. The molecule has 0 aliphatic heterocycles. The number of anilines is 1. The largest absolute Gasteiger partial charge is 0.477 e. The van der Waals surface area contributed by atoms with Gasteiger partial charge in [-0.1, -0.05) is 24.3 Å². The number of carboxylic acid groups (broad SMARTS) is 1. The summed E-state index contributed by atoms with van der Waals surface area (Å²) >= 11 is 2.93. The average molecular weight is 453 g/mol. The molecule has 3 aromatic heterocycles. The number of aromatic carboxylic acids is 1. The van der Waals surface area contributed by atoms with E-state index in [0.717, 1.165) is 11.9 Å². The Balaban J connectivity index is 1.62. The van der Waals surface area contributed by atoms with Crippen LogP contribution in [0.4, 0.5) is 5.82 Å². The van der Waals surface area contributed by atoms with Gasteiger partial charge in [0.05, 0.1) is 11.4 Å². The Morgan fingerprint density at radius 3 is 2.68 bits per heavy atom. The number of nitrogens with zero attached hydrogens (tertiary/aromatic N) is 3. The second-order valence-electron chi connectivity index (χ2n) is 7.72. The Morgan fingerprint density at radius 2 is 1.94 bits per heavy atom. The van der Waals surface area contributed by atoms with E-state index in [4.69, 9.17) is 0 Å². The van der Waals surface area contributed by atoms with E-state index in [1.54, 1.807) is 17.4 Å². The summed E-state index contributed by atoms with van der Waals surface area (Å²) in [6.45, 7) is 4.80. The molecule has 0 radical (unpaired) electrons. The molecule has 6 nitrogen and oxygen atoms in total. The topological polar surface area (TPSA) is 78.4 Å². The van der Waals surface area contributed by atoms with Crippen molar-refractivity contribution >= 4 is 44.7 Å². The quantitative estimate of drug-likeness (QED) is 0.377. The highest BCUT2D eigenvalue weighted by molar-refractivity contribution is 7.20. The van der Waals surface area contributed by atoms with E-state index in [1.165, 1.54) is 32.2 Å². The zero-order valence-electron chi connectivity index (χ0n) is 17.8. The second-order valence-corrected chi connectivity index (χ2v) is 9.86. The SMILES string of the molecule is Cc1nc(NC(C)c2ccc(-c3ccccc3CN(C)C)s2)c2cc(C(=O)O)sc2n1. The number of thiophene rings is 2. The summed E-state index contributed by atoms with van der Waals surface area (Å²) in [6.07, 6.45) is 0. The molecular weight excluding hydrogens is 428 g/mol. The van der Waals surface area contributed by atoms with Gasteiger partial charge in [0.2, 0.25) is 0 Å². The molecule has 1 aromatic carbocycles. The highest BCUT2D eigenvalue weighted by Gasteiger charge is 2.17. The van der Waals surface area contributed by atoms with Gasteiger partial charge < -0.3 is 15.3 Å². The number of fused-ring (bicyclic) bond motifs is 1. The molecule has 0 saturated carbocycles. The van der Waals surface area contributed by atoms with Crippen LogP contribution in [0.1, 0.15) is 38.9 Å². The lowest BCUT2D eigenvalue weighted by molar-refractivity contribution is 0.0702. The smallest absolute Gasteiger partial charge is 0.345 e. The fourth-order valence-electron chi connectivity index (χ4n) is 3.49. The molecule has 2 N–H and O–H groups in total. The summed E-state index contributed by atoms with van der Waals surface area (Å²) in [6, 6.07) is 14.5. The van der Waals surface area contributed by atoms with Gasteiger partial charge in [-0.25, -0.2) is 14.8 Å². The molecule has 3 heterocycles. The minimum atomic E-state index is -0.945. The zero-order chi connectivity index (χ0) is 22.1. The van der Waals surface area contributed by atoms with Crippen LogP contribution < -0.4 is 5.32 Å². The van der Waals surface area contributed by atoms with Crippen LogP contribution in [0.15, 0.2) is 42.5 Å². The molecule has 0 aliphatic carbocycles. The number of aryl methyl sites for hydroxylation is 1. The predicted octanol–water partition coefficient (Wildman–Crippen LogP) is 5.66. The third-order valence-electron chi connectivity index (χ3n) is 4.89. The summed E-state index contributed by atoms with van der Waals surface area (Å²) in [7, 11) is 4.15. The lowest BCUT2D eigenvalue weighted by Crippen LogP contribution is -2.11. The van der Waals surface area contributed by atoms with Gasteiger partial charge in [0.1, 0.15) is 21.3 Å². The Labute approximate surface area is 189 Å².